The van der Waals surface area contributed by atoms with Crippen molar-refractivity contribution in [2.45, 2.75) is 70.3 Å². The average Bonchev–Trinajstić information content (AvgIpc) is 2.52. The van der Waals surface area contributed by atoms with Crippen LogP contribution in [0, 0.1) is 0 Å². The van der Waals surface area contributed by atoms with Gasteiger partial charge in [-0.15, -0.1) is 0 Å². The molecule has 1 aliphatic rings. The van der Waals surface area contributed by atoms with Crippen molar-refractivity contribution < 1.29 is 4.52 Å². The Morgan fingerprint density at radius 2 is 1.88 bits per heavy atom. The zero-order chi connectivity index (χ0) is 12.3. The summed E-state index contributed by atoms with van der Waals surface area (Å²) in [4.78, 5) is 4.50. The summed E-state index contributed by atoms with van der Waals surface area (Å²) >= 11 is 0. The topological polar surface area (TPSA) is 64.9 Å². The molecule has 1 aliphatic carbocycles. The minimum absolute atomic E-state index is 0.284. The lowest BCUT2D eigenvalue weighted by atomic mass is 9.99. The van der Waals surface area contributed by atoms with E-state index in [2.05, 4.69) is 10.1 Å². The molecule has 2 N–H and O–H groups in total. The zero-order valence-corrected chi connectivity index (χ0v) is 10.9. The van der Waals surface area contributed by atoms with E-state index in [1.165, 1.54) is 38.5 Å². The maximum atomic E-state index is 5.95. The Kier molecular flexibility index (Phi) is 3.82. The van der Waals surface area contributed by atoms with Gasteiger partial charge in [0.05, 0.1) is 0 Å². The summed E-state index contributed by atoms with van der Waals surface area (Å²) in [6, 6.07) is 0. The third-order valence-corrected chi connectivity index (χ3v) is 3.31. The van der Waals surface area contributed by atoms with Gasteiger partial charge < -0.3 is 10.3 Å². The van der Waals surface area contributed by atoms with Crippen LogP contribution in [0.25, 0.3) is 0 Å². The SMILES string of the molecule is CC(C)(N)Cc1nc(C2CCCCCC2)no1. The molecule has 0 radical (unpaired) electrons. The van der Waals surface area contributed by atoms with Crippen LogP contribution in [0.1, 0.15) is 70.0 Å². The molecule has 1 aromatic rings. The van der Waals surface area contributed by atoms with Crippen molar-refractivity contribution in [3.8, 4) is 0 Å². The summed E-state index contributed by atoms with van der Waals surface area (Å²) in [6.07, 6.45) is 8.31. The molecule has 1 fully saturated rings. The van der Waals surface area contributed by atoms with Gasteiger partial charge in [-0.25, -0.2) is 0 Å². The van der Waals surface area contributed by atoms with Crippen molar-refractivity contribution >= 4 is 0 Å². The number of nitrogens with zero attached hydrogens (tertiary/aromatic N) is 2. The molecule has 0 spiro atoms. The van der Waals surface area contributed by atoms with E-state index in [0.29, 0.717) is 18.2 Å². The number of hydrogen-bond donors (Lipinski definition) is 1. The molecular formula is C13H23N3O. The first-order valence-corrected chi connectivity index (χ1v) is 6.66. The first kappa shape index (κ1) is 12.6. The van der Waals surface area contributed by atoms with Crippen LogP contribution >= 0.6 is 0 Å². The van der Waals surface area contributed by atoms with E-state index in [1.807, 2.05) is 13.8 Å². The number of nitrogens with two attached hydrogens (primary N) is 1. The second-order valence-electron chi connectivity index (χ2n) is 5.90. The van der Waals surface area contributed by atoms with Crippen LogP contribution in [0.4, 0.5) is 0 Å². The maximum Gasteiger partial charge on any atom is 0.228 e. The summed E-state index contributed by atoms with van der Waals surface area (Å²) < 4.78 is 5.29. The summed E-state index contributed by atoms with van der Waals surface area (Å²) in [5.41, 5.74) is 5.67. The molecular weight excluding hydrogens is 214 g/mol. The van der Waals surface area contributed by atoms with Crippen molar-refractivity contribution in [2.24, 2.45) is 5.73 Å². The Bertz CT molecular complexity index is 346. The van der Waals surface area contributed by atoms with E-state index in [0.717, 1.165) is 5.82 Å². The van der Waals surface area contributed by atoms with Crippen LogP contribution in [0.2, 0.25) is 0 Å². The highest BCUT2D eigenvalue weighted by molar-refractivity contribution is 4.98. The van der Waals surface area contributed by atoms with Crippen molar-refractivity contribution in [3.05, 3.63) is 11.7 Å². The van der Waals surface area contributed by atoms with E-state index >= 15 is 0 Å². The minimum Gasteiger partial charge on any atom is -0.339 e. The Morgan fingerprint density at radius 3 is 2.47 bits per heavy atom. The predicted octanol–water partition coefficient (Wildman–Crippen LogP) is 2.79. The molecule has 0 aromatic carbocycles. The van der Waals surface area contributed by atoms with E-state index < -0.39 is 0 Å². The second-order valence-corrected chi connectivity index (χ2v) is 5.90. The van der Waals surface area contributed by atoms with Crippen LogP contribution in [-0.4, -0.2) is 15.7 Å². The predicted molar refractivity (Wildman–Crippen MR) is 66.7 cm³/mol. The van der Waals surface area contributed by atoms with Crippen LogP contribution in [0.5, 0.6) is 0 Å². The quantitative estimate of drug-likeness (QED) is 0.821. The first-order chi connectivity index (χ1) is 8.04. The standard InChI is InChI=1S/C13H23N3O/c1-13(2,14)9-11-15-12(16-17-11)10-7-5-3-4-6-8-10/h10H,3-9,14H2,1-2H3. The Balaban J connectivity index is 2.01. The lowest BCUT2D eigenvalue weighted by molar-refractivity contribution is 0.341. The van der Waals surface area contributed by atoms with Crippen molar-refractivity contribution in [1.82, 2.24) is 10.1 Å². The van der Waals surface area contributed by atoms with Crippen LogP contribution in [-0.2, 0) is 6.42 Å². The van der Waals surface area contributed by atoms with E-state index in [4.69, 9.17) is 10.3 Å². The van der Waals surface area contributed by atoms with Crippen LogP contribution < -0.4 is 5.73 Å². The molecule has 0 bridgehead atoms. The van der Waals surface area contributed by atoms with Gasteiger partial charge in [0, 0.05) is 17.9 Å². The molecule has 0 atom stereocenters. The molecule has 1 heterocycles. The van der Waals surface area contributed by atoms with Crippen molar-refractivity contribution in [1.29, 1.82) is 0 Å². The van der Waals surface area contributed by atoms with Gasteiger partial charge in [0.1, 0.15) is 0 Å². The van der Waals surface area contributed by atoms with Crippen molar-refractivity contribution in [2.75, 3.05) is 0 Å². The fourth-order valence-corrected chi connectivity index (χ4v) is 2.43. The molecule has 4 nitrogen and oxygen atoms in total. The van der Waals surface area contributed by atoms with Gasteiger partial charge in [-0.2, -0.15) is 4.98 Å². The molecule has 0 amide bonds. The fraction of sp³-hybridized carbons (Fsp3) is 0.846. The highest BCUT2D eigenvalue weighted by Gasteiger charge is 2.22. The molecule has 1 saturated carbocycles. The van der Waals surface area contributed by atoms with Crippen LogP contribution in [0.15, 0.2) is 4.52 Å². The highest BCUT2D eigenvalue weighted by Crippen LogP contribution is 2.29. The van der Waals surface area contributed by atoms with Gasteiger partial charge in [-0.1, -0.05) is 30.8 Å². The summed E-state index contributed by atoms with van der Waals surface area (Å²) in [7, 11) is 0. The molecule has 4 heteroatoms. The minimum atomic E-state index is -0.284. The van der Waals surface area contributed by atoms with E-state index in [1.54, 1.807) is 0 Å². The second kappa shape index (κ2) is 5.17. The van der Waals surface area contributed by atoms with Gasteiger partial charge in [0.15, 0.2) is 5.82 Å². The smallest absolute Gasteiger partial charge is 0.228 e. The molecule has 0 aliphatic heterocycles. The molecule has 17 heavy (non-hydrogen) atoms. The van der Waals surface area contributed by atoms with E-state index in [-0.39, 0.29) is 5.54 Å². The van der Waals surface area contributed by atoms with Gasteiger partial charge in [-0.3, -0.25) is 0 Å². The Hall–Kier alpha value is -0.900. The molecule has 2 rings (SSSR count). The third kappa shape index (κ3) is 3.80. The third-order valence-electron chi connectivity index (χ3n) is 3.31. The zero-order valence-electron chi connectivity index (χ0n) is 10.9. The number of rotatable bonds is 3. The summed E-state index contributed by atoms with van der Waals surface area (Å²) in [6.45, 7) is 3.95. The average molecular weight is 237 g/mol. The van der Waals surface area contributed by atoms with E-state index in [9.17, 15) is 0 Å². The number of hydrogen-bond acceptors (Lipinski definition) is 4. The maximum absolute atomic E-state index is 5.95. The molecule has 1 aromatic heterocycles. The Labute approximate surface area is 103 Å². The lowest BCUT2D eigenvalue weighted by Crippen LogP contribution is -2.34. The van der Waals surface area contributed by atoms with Gasteiger partial charge in [0.2, 0.25) is 5.89 Å². The van der Waals surface area contributed by atoms with Gasteiger partial charge in [0.25, 0.3) is 0 Å². The monoisotopic (exact) mass is 237 g/mol. The van der Waals surface area contributed by atoms with Crippen molar-refractivity contribution in [3.63, 3.8) is 0 Å². The number of aromatic nitrogens is 2. The normalized spacial score (nSPS) is 19.2. The molecule has 0 saturated heterocycles. The Morgan fingerprint density at radius 1 is 1.24 bits per heavy atom. The fourth-order valence-electron chi connectivity index (χ4n) is 2.43. The van der Waals surface area contributed by atoms with Gasteiger partial charge in [-0.05, 0) is 26.7 Å². The molecule has 96 valence electrons. The first-order valence-electron chi connectivity index (χ1n) is 6.66. The highest BCUT2D eigenvalue weighted by atomic mass is 16.5. The summed E-state index contributed by atoms with van der Waals surface area (Å²) in [5, 5.41) is 4.12. The lowest BCUT2D eigenvalue weighted by Gasteiger charge is -2.14. The molecule has 0 unspecified atom stereocenters. The summed E-state index contributed by atoms with van der Waals surface area (Å²) in [5.74, 6) is 2.07. The largest absolute Gasteiger partial charge is 0.339 e. The van der Waals surface area contributed by atoms with Gasteiger partial charge >= 0.3 is 0 Å². The van der Waals surface area contributed by atoms with Crippen LogP contribution in [0.3, 0.4) is 0 Å².